The minimum Gasteiger partial charge on any atom is -0.394 e. The Balaban J connectivity index is 1.87. The summed E-state index contributed by atoms with van der Waals surface area (Å²) in [6.45, 7) is 4.84. The molecule has 1 aliphatic carbocycles. The van der Waals surface area contributed by atoms with Gasteiger partial charge in [0.15, 0.2) is 0 Å². The van der Waals surface area contributed by atoms with Crippen LogP contribution in [0.25, 0.3) is 0 Å². The average Bonchev–Trinajstić information content (AvgIpc) is 2.46. The monoisotopic (exact) mass is 261 g/mol. The summed E-state index contributed by atoms with van der Waals surface area (Å²) in [5.41, 5.74) is 1.19. The fourth-order valence-electron chi connectivity index (χ4n) is 3.18. The zero-order valence-electron chi connectivity index (χ0n) is 12.2. The first kappa shape index (κ1) is 14.5. The maximum Gasteiger partial charge on any atom is 0.0626 e. The van der Waals surface area contributed by atoms with Gasteiger partial charge in [0.2, 0.25) is 0 Å². The summed E-state index contributed by atoms with van der Waals surface area (Å²) in [6, 6.07) is 10.9. The van der Waals surface area contributed by atoms with Crippen LogP contribution in [0, 0.1) is 11.8 Å². The Morgan fingerprint density at radius 3 is 2.26 bits per heavy atom. The molecule has 1 saturated carbocycles. The predicted octanol–water partition coefficient (Wildman–Crippen LogP) is 3.52. The van der Waals surface area contributed by atoms with Crippen molar-refractivity contribution < 1.29 is 5.11 Å². The van der Waals surface area contributed by atoms with Crippen molar-refractivity contribution in [2.45, 2.75) is 51.6 Å². The Bertz CT molecular complexity index is 355. The summed E-state index contributed by atoms with van der Waals surface area (Å²) >= 11 is 0. The van der Waals surface area contributed by atoms with Gasteiger partial charge in [0.25, 0.3) is 0 Å². The molecule has 1 aromatic rings. The highest BCUT2D eigenvalue weighted by Crippen LogP contribution is 2.30. The molecule has 1 fully saturated rings. The number of nitrogens with one attached hydrogen (secondary N) is 1. The van der Waals surface area contributed by atoms with Gasteiger partial charge in [0.05, 0.1) is 12.6 Å². The van der Waals surface area contributed by atoms with E-state index in [1.807, 2.05) is 18.2 Å². The van der Waals surface area contributed by atoms with Crippen molar-refractivity contribution in [3.05, 3.63) is 35.9 Å². The average molecular weight is 261 g/mol. The van der Waals surface area contributed by atoms with Crippen LogP contribution in [0.15, 0.2) is 30.3 Å². The molecule has 0 heterocycles. The number of rotatable bonds is 5. The molecule has 106 valence electrons. The van der Waals surface area contributed by atoms with Gasteiger partial charge >= 0.3 is 0 Å². The summed E-state index contributed by atoms with van der Waals surface area (Å²) < 4.78 is 0. The van der Waals surface area contributed by atoms with Crippen LogP contribution < -0.4 is 5.32 Å². The molecular formula is C17H27NO. The molecule has 0 saturated heterocycles. The second-order valence-electron chi connectivity index (χ2n) is 6.17. The van der Waals surface area contributed by atoms with Crippen LogP contribution in [0.3, 0.4) is 0 Å². The van der Waals surface area contributed by atoms with Crippen LogP contribution in [0.4, 0.5) is 0 Å². The lowest BCUT2D eigenvalue weighted by Crippen LogP contribution is -2.38. The number of aliphatic hydroxyl groups is 1. The second-order valence-corrected chi connectivity index (χ2v) is 6.17. The van der Waals surface area contributed by atoms with E-state index in [-0.39, 0.29) is 12.6 Å². The zero-order valence-corrected chi connectivity index (χ0v) is 12.2. The maximum atomic E-state index is 9.59. The molecule has 2 nitrogen and oxygen atoms in total. The quantitative estimate of drug-likeness (QED) is 0.850. The minimum absolute atomic E-state index is 0.0850. The smallest absolute Gasteiger partial charge is 0.0626 e. The third kappa shape index (κ3) is 4.05. The van der Waals surface area contributed by atoms with Crippen LogP contribution in [0.5, 0.6) is 0 Å². The molecule has 0 unspecified atom stereocenters. The van der Waals surface area contributed by atoms with Crippen molar-refractivity contribution in [1.29, 1.82) is 0 Å². The van der Waals surface area contributed by atoms with Gasteiger partial charge in [0.1, 0.15) is 0 Å². The number of hydrogen-bond donors (Lipinski definition) is 2. The predicted molar refractivity (Wildman–Crippen MR) is 80.0 cm³/mol. The first-order valence-electron chi connectivity index (χ1n) is 7.62. The van der Waals surface area contributed by atoms with E-state index in [9.17, 15) is 5.11 Å². The van der Waals surface area contributed by atoms with E-state index in [2.05, 4.69) is 31.3 Å². The first-order chi connectivity index (χ1) is 9.20. The Hall–Kier alpha value is -0.860. The van der Waals surface area contributed by atoms with E-state index in [1.54, 1.807) is 0 Å². The Kier molecular flexibility index (Phi) is 5.41. The molecule has 2 N–H and O–H groups in total. The molecule has 0 aliphatic heterocycles. The summed E-state index contributed by atoms with van der Waals surface area (Å²) in [5.74, 6) is 1.70. The molecule has 0 aromatic heterocycles. The van der Waals surface area contributed by atoms with Crippen LogP contribution in [-0.4, -0.2) is 17.8 Å². The lowest BCUT2D eigenvalue weighted by molar-refractivity contribution is 0.193. The molecule has 1 atom stereocenters. The number of benzene rings is 1. The second kappa shape index (κ2) is 7.06. The normalized spacial score (nSPS) is 25.5. The molecule has 0 amide bonds. The number of aliphatic hydroxyl groups excluding tert-OH is 1. The Morgan fingerprint density at radius 2 is 1.74 bits per heavy atom. The fourth-order valence-corrected chi connectivity index (χ4v) is 3.18. The van der Waals surface area contributed by atoms with Crippen LogP contribution in [-0.2, 0) is 0 Å². The van der Waals surface area contributed by atoms with E-state index in [1.165, 1.54) is 31.2 Å². The van der Waals surface area contributed by atoms with Crippen LogP contribution in [0.2, 0.25) is 0 Å². The third-order valence-corrected chi connectivity index (χ3v) is 4.54. The largest absolute Gasteiger partial charge is 0.394 e. The van der Waals surface area contributed by atoms with Crippen LogP contribution in [0.1, 0.15) is 51.1 Å². The maximum absolute atomic E-state index is 9.59. The van der Waals surface area contributed by atoms with Gasteiger partial charge in [-0.25, -0.2) is 0 Å². The molecular weight excluding hydrogens is 234 g/mol. The van der Waals surface area contributed by atoms with Gasteiger partial charge in [-0.2, -0.15) is 0 Å². The molecule has 1 aromatic carbocycles. The molecule has 0 radical (unpaired) electrons. The SMILES string of the molecule is CC(C)C1CCC(N[C@@H](CO)c2ccccc2)CC1. The zero-order chi connectivity index (χ0) is 13.7. The van der Waals surface area contributed by atoms with E-state index in [4.69, 9.17) is 0 Å². The van der Waals surface area contributed by atoms with Crippen LogP contribution >= 0.6 is 0 Å². The number of hydrogen-bond acceptors (Lipinski definition) is 2. The van der Waals surface area contributed by atoms with Gasteiger partial charge < -0.3 is 10.4 Å². The Labute approximate surface area is 117 Å². The highest BCUT2D eigenvalue weighted by molar-refractivity contribution is 5.19. The highest BCUT2D eigenvalue weighted by atomic mass is 16.3. The molecule has 2 rings (SSSR count). The molecule has 19 heavy (non-hydrogen) atoms. The molecule has 0 bridgehead atoms. The van der Waals surface area contributed by atoms with Gasteiger partial charge in [-0.3, -0.25) is 0 Å². The summed E-state index contributed by atoms with van der Waals surface area (Å²) in [5, 5.41) is 13.2. The van der Waals surface area contributed by atoms with E-state index in [0.717, 1.165) is 11.8 Å². The van der Waals surface area contributed by atoms with E-state index < -0.39 is 0 Å². The van der Waals surface area contributed by atoms with Gasteiger partial charge in [0, 0.05) is 6.04 Å². The highest BCUT2D eigenvalue weighted by Gasteiger charge is 2.24. The van der Waals surface area contributed by atoms with Gasteiger partial charge in [-0.05, 0) is 43.1 Å². The summed E-state index contributed by atoms with van der Waals surface area (Å²) in [7, 11) is 0. The van der Waals surface area contributed by atoms with E-state index >= 15 is 0 Å². The topological polar surface area (TPSA) is 32.3 Å². The minimum atomic E-state index is 0.0850. The lowest BCUT2D eigenvalue weighted by Gasteiger charge is -2.33. The fraction of sp³-hybridized carbons (Fsp3) is 0.647. The molecule has 2 heteroatoms. The summed E-state index contributed by atoms with van der Waals surface area (Å²) in [6.07, 6.45) is 5.13. The van der Waals surface area contributed by atoms with Crippen molar-refractivity contribution in [2.24, 2.45) is 11.8 Å². The third-order valence-electron chi connectivity index (χ3n) is 4.54. The molecule has 0 spiro atoms. The standard InChI is InChI=1S/C17H27NO/c1-13(2)14-8-10-16(11-9-14)18-17(12-19)15-6-4-3-5-7-15/h3-7,13-14,16-19H,8-12H2,1-2H3/t14?,16?,17-/m0/s1. The lowest BCUT2D eigenvalue weighted by atomic mass is 9.79. The van der Waals surface area contributed by atoms with Crippen molar-refractivity contribution in [3.8, 4) is 0 Å². The van der Waals surface area contributed by atoms with Gasteiger partial charge in [-0.1, -0.05) is 44.2 Å². The van der Waals surface area contributed by atoms with Crippen molar-refractivity contribution in [3.63, 3.8) is 0 Å². The van der Waals surface area contributed by atoms with Crippen molar-refractivity contribution in [2.75, 3.05) is 6.61 Å². The summed E-state index contributed by atoms with van der Waals surface area (Å²) in [4.78, 5) is 0. The van der Waals surface area contributed by atoms with Crippen molar-refractivity contribution >= 4 is 0 Å². The first-order valence-corrected chi connectivity index (χ1v) is 7.62. The Morgan fingerprint density at radius 1 is 1.11 bits per heavy atom. The van der Waals surface area contributed by atoms with Crippen molar-refractivity contribution in [1.82, 2.24) is 5.32 Å². The van der Waals surface area contributed by atoms with E-state index in [0.29, 0.717) is 6.04 Å². The van der Waals surface area contributed by atoms with Gasteiger partial charge in [-0.15, -0.1) is 0 Å². The molecule has 1 aliphatic rings.